The zero-order valence-corrected chi connectivity index (χ0v) is 16.5. The minimum Gasteiger partial charge on any atom is -0.341 e. The molecule has 7 nitrogen and oxygen atoms in total. The van der Waals surface area contributed by atoms with Crippen molar-refractivity contribution in [3.05, 3.63) is 52.6 Å². The van der Waals surface area contributed by atoms with Gasteiger partial charge in [-0.3, -0.25) is 9.48 Å². The molecule has 1 amide bonds. The molecule has 0 spiro atoms. The van der Waals surface area contributed by atoms with E-state index >= 15 is 0 Å². The number of carbonyl (C=O) groups is 1. The number of hydrogen-bond acceptors (Lipinski definition) is 4. The Morgan fingerprint density at radius 1 is 1.30 bits per heavy atom. The third-order valence-electron chi connectivity index (χ3n) is 5.02. The average molecular weight is 385 g/mol. The van der Waals surface area contributed by atoms with E-state index in [9.17, 15) is 4.79 Å². The third-order valence-corrected chi connectivity index (χ3v) is 5.23. The Bertz CT molecular complexity index is 1040. The molecule has 0 aromatic carbocycles. The summed E-state index contributed by atoms with van der Waals surface area (Å²) in [6.07, 6.45) is 3.77. The molecule has 8 heteroatoms. The van der Waals surface area contributed by atoms with Crippen LogP contribution >= 0.6 is 11.6 Å². The van der Waals surface area contributed by atoms with Crippen LogP contribution in [-0.4, -0.2) is 41.2 Å². The van der Waals surface area contributed by atoms with E-state index in [1.165, 1.54) is 0 Å². The Hall–Kier alpha value is -2.67. The van der Waals surface area contributed by atoms with Crippen molar-refractivity contribution in [2.45, 2.75) is 39.9 Å². The van der Waals surface area contributed by atoms with E-state index < -0.39 is 0 Å². The van der Waals surface area contributed by atoms with Crippen LogP contribution in [0.3, 0.4) is 0 Å². The van der Waals surface area contributed by atoms with Crippen LogP contribution in [0.25, 0.3) is 11.1 Å². The summed E-state index contributed by atoms with van der Waals surface area (Å²) in [6, 6.07) is 3.83. The van der Waals surface area contributed by atoms with Crippen LogP contribution < -0.4 is 0 Å². The molecule has 0 fully saturated rings. The molecule has 4 rings (SSSR count). The molecule has 0 saturated carbocycles. The number of rotatable bonds is 3. The summed E-state index contributed by atoms with van der Waals surface area (Å²) in [7, 11) is 1.85. The molecule has 3 aromatic rings. The molecule has 4 heterocycles. The van der Waals surface area contributed by atoms with E-state index in [-0.39, 0.29) is 11.9 Å². The highest BCUT2D eigenvalue weighted by Gasteiger charge is 2.31. The molecular weight excluding hydrogens is 364 g/mol. The molecular formula is C19H21ClN6O. The van der Waals surface area contributed by atoms with Crippen LogP contribution in [0.5, 0.6) is 0 Å². The summed E-state index contributed by atoms with van der Waals surface area (Å²) in [5.41, 5.74) is 3.67. The van der Waals surface area contributed by atoms with Crippen LogP contribution in [0.4, 0.5) is 0 Å². The molecule has 1 unspecified atom stereocenters. The van der Waals surface area contributed by atoms with Crippen molar-refractivity contribution in [2.24, 2.45) is 7.05 Å². The molecule has 0 N–H and O–H groups in total. The fourth-order valence-corrected chi connectivity index (χ4v) is 3.76. The zero-order chi connectivity index (χ0) is 19.3. The molecule has 0 radical (unpaired) electrons. The molecule has 140 valence electrons. The number of amides is 1. The minimum atomic E-state index is -0.00143. The van der Waals surface area contributed by atoms with Crippen molar-refractivity contribution in [1.29, 1.82) is 0 Å². The number of aryl methyl sites for hydroxylation is 3. The van der Waals surface area contributed by atoms with E-state index in [1.807, 2.05) is 48.7 Å². The van der Waals surface area contributed by atoms with E-state index in [0.29, 0.717) is 23.2 Å². The van der Waals surface area contributed by atoms with Gasteiger partial charge in [0, 0.05) is 37.6 Å². The number of carbonyl (C=O) groups excluding carboxylic acids is 1. The van der Waals surface area contributed by atoms with Gasteiger partial charge in [0.25, 0.3) is 5.91 Å². The molecule has 0 saturated heterocycles. The molecule has 0 bridgehead atoms. The zero-order valence-electron chi connectivity index (χ0n) is 15.8. The third kappa shape index (κ3) is 3.12. The SMILES string of the molecule is Cc1nc(CN2C(=O)c3cc(-c4cc(Cl)ncc4C)cn3CC2C)n(C)n1. The number of pyridine rings is 1. The Morgan fingerprint density at radius 3 is 2.78 bits per heavy atom. The lowest BCUT2D eigenvalue weighted by atomic mass is 10.1. The monoisotopic (exact) mass is 384 g/mol. The van der Waals surface area contributed by atoms with Gasteiger partial charge in [-0.25, -0.2) is 9.97 Å². The lowest BCUT2D eigenvalue weighted by Crippen LogP contribution is -2.46. The molecule has 27 heavy (non-hydrogen) atoms. The first-order valence-corrected chi connectivity index (χ1v) is 9.21. The largest absolute Gasteiger partial charge is 0.341 e. The summed E-state index contributed by atoms with van der Waals surface area (Å²) >= 11 is 6.07. The minimum absolute atomic E-state index is 0.00143. The molecule has 0 aliphatic carbocycles. The first-order chi connectivity index (χ1) is 12.8. The predicted octanol–water partition coefficient (Wildman–Crippen LogP) is 2.99. The predicted molar refractivity (Wildman–Crippen MR) is 102 cm³/mol. The van der Waals surface area contributed by atoms with E-state index in [4.69, 9.17) is 11.6 Å². The van der Waals surface area contributed by atoms with Gasteiger partial charge in [0.1, 0.15) is 22.5 Å². The summed E-state index contributed by atoms with van der Waals surface area (Å²) in [4.78, 5) is 23.6. The van der Waals surface area contributed by atoms with Gasteiger partial charge in [-0.15, -0.1) is 0 Å². The first kappa shape index (κ1) is 17.7. The lowest BCUT2D eigenvalue weighted by molar-refractivity contribution is 0.0587. The van der Waals surface area contributed by atoms with E-state index in [2.05, 4.69) is 22.0 Å². The van der Waals surface area contributed by atoms with Gasteiger partial charge in [0.05, 0.1) is 6.54 Å². The normalized spacial score (nSPS) is 16.7. The maximum Gasteiger partial charge on any atom is 0.271 e. The van der Waals surface area contributed by atoms with E-state index in [0.717, 1.165) is 29.1 Å². The van der Waals surface area contributed by atoms with Crippen LogP contribution in [0, 0.1) is 13.8 Å². The maximum atomic E-state index is 13.2. The van der Waals surface area contributed by atoms with Gasteiger partial charge in [0.2, 0.25) is 0 Å². The quantitative estimate of drug-likeness (QED) is 0.651. The van der Waals surface area contributed by atoms with Crippen molar-refractivity contribution < 1.29 is 4.79 Å². The summed E-state index contributed by atoms with van der Waals surface area (Å²) in [5, 5.41) is 4.72. The Kier molecular flexibility index (Phi) is 4.26. The number of nitrogens with zero attached hydrogens (tertiary/aromatic N) is 6. The van der Waals surface area contributed by atoms with Crippen molar-refractivity contribution in [3.63, 3.8) is 0 Å². The Balaban J connectivity index is 1.68. The second kappa shape index (κ2) is 6.49. The standard InChI is InChI=1S/C19H21ClN6O/c1-11-7-21-17(20)6-15(11)14-5-16-19(27)26(12(2)8-25(16)9-14)10-18-22-13(3)23-24(18)4/h5-7,9,12H,8,10H2,1-4H3. The second-order valence-electron chi connectivity index (χ2n) is 7.07. The van der Waals surface area contributed by atoms with Crippen molar-refractivity contribution in [3.8, 4) is 11.1 Å². The first-order valence-electron chi connectivity index (χ1n) is 8.83. The second-order valence-corrected chi connectivity index (χ2v) is 7.46. The van der Waals surface area contributed by atoms with Gasteiger partial charge >= 0.3 is 0 Å². The molecule has 1 aliphatic heterocycles. The Labute approximate surface area is 162 Å². The summed E-state index contributed by atoms with van der Waals surface area (Å²) < 4.78 is 3.76. The molecule has 1 aliphatic rings. The lowest BCUT2D eigenvalue weighted by Gasteiger charge is -2.34. The topological polar surface area (TPSA) is 68.8 Å². The summed E-state index contributed by atoms with van der Waals surface area (Å²) in [6.45, 7) is 7.07. The molecule has 1 atom stereocenters. The highest BCUT2D eigenvalue weighted by Crippen LogP contribution is 2.30. The smallest absolute Gasteiger partial charge is 0.271 e. The van der Waals surface area contributed by atoms with Crippen LogP contribution in [0.15, 0.2) is 24.5 Å². The highest BCUT2D eigenvalue weighted by atomic mass is 35.5. The van der Waals surface area contributed by atoms with Crippen molar-refractivity contribution in [1.82, 2.24) is 29.2 Å². The van der Waals surface area contributed by atoms with Gasteiger partial charge in [-0.2, -0.15) is 5.10 Å². The van der Waals surface area contributed by atoms with Gasteiger partial charge in [-0.1, -0.05) is 11.6 Å². The number of fused-ring (bicyclic) bond motifs is 1. The summed E-state index contributed by atoms with van der Waals surface area (Å²) in [5.74, 6) is 1.49. The van der Waals surface area contributed by atoms with Crippen LogP contribution in [0.2, 0.25) is 5.15 Å². The maximum absolute atomic E-state index is 13.2. The van der Waals surface area contributed by atoms with Crippen LogP contribution in [0.1, 0.15) is 34.6 Å². The molecule has 3 aromatic heterocycles. The fourth-order valence-electron chi connectivity index (χ4n) is 3.60. The highest BCUT2D eigenvalue weighted by molar-refractivity contribution is 6.29. The fraction of sp³-hybridized carbons (Fsp3) is 0.368. The number of aromatic nitrogens is 5. The van der Waals surface area contributed by atoms with Gasteiger partial charge < -0.3 is 9.47 Å². The number of hydrogen-bond donors (Lipinski definition) is 0. The van der Waals surface area contributed by atoms with E-state index in [1.54, 1.807) is 10.9 Å². The van der Waals surface area contributed by atoms with Gasteiger partial charge in [0.15, 0.2) is 0 Å². The average Bonchev–Trinajstić information content (AvgIpc) is 3.16. The van der Waals surface area contributed by atoms with Crippen LogP contribution in [-0.2, 0) is 20.1 Å². The Morgan fingerprint density at radius 2 is 2.07 bits per heavy atom. The van der Waals surface area contributed by atoms with Crippen molar-refractivity contribution in [2.75, 3.05) is 0 Å². The van der Waals surface area contributed by atoms with Crippen molar-refractivity contribution >= 4 is 17.5 Å². The van der Waals surface area contributed by atoms with Gasteiger partial charge in [-0.05, 0) is 44.0 Å². The number of halogens is 1.